The molecule has 1 saturated heterocycles. The third kappa shape index (κ3) is 4.38. The Bertz CT molecular complexity index is 446. The smallest absolute Gasteiger partial charge is 0.0850 e. The van der Waals surface area contributed by atoms with E-state index in [0.717, 1.165) is 60.3 Å². The average Bonchev–Trinajstić information content (AvgIpc) is 2.79. The Morgan fingerprint density at radius 1 is 1.52 bits per heavy atom. The first-order valence-corrected chi connectivity index (χ1v) is 9.33. The van der Waals surface area contributed by atoms with Gasteiger partial charge in [-0.25, -0.2) is 0 Å². The summed E-state index contributed by atoms with van der Waals surface area (Å²) in [6.07, 6.45) is 3.12. The molecule has 0 saturated carbocycles. The third-order valence-corrected chi connectivity index (χ3v) is 5.32. The highest BCUT2D eigenvalue weighted by Crippen LogP contribution is 2.24. The summed E-state index contributed by atoms with van der Waals surface area (Å²) in [5.41, 5.74) is 2.10. The van der Waals surface area contributed by atoms with Crippen LogP contribution < -0.4 is 5.32 Å². The molecule has 0 spiro atoms. The van der Waals surface area contributed by atoms with Crippen molar-refractivity contribution in [2.75, 3.05) is 24.7 Å². The van der Waals surface area contributed by atoms with Crippen molar-refractivity contribution in [1.82, 2.24) is 15.1 Å². The molecule has 0 aromatic carbocycles. The predicted molar refractivity (Wildman–Crippen MR) is 90.4 cm³/mol. The number of thioether (sulfide) groups is 1. The molecule has 0 bridgehead atoms. The number of aryl methyl sites for hydroxylation is 2. The lowest BCUT2D eigenvalue weighted by atomic mass is 10.1. The minimum Gasteiger partial charge on any atom is -0.375 e. The van der Waals surface area contributed by atoms with Gasteiger partial charge >= 0.3 is 0 Å². The number of hydrogen-bond donors (Lipinski definition) is 1. The van der Waals surface area contributed by atoms with Gasteiger partial charge in [0.05, 0.1) is 29.1 Å². The first-order valence-electron chi connectivity index (χ1n) is 7.80. The molecule has 120 valence electrons. The molecule has 2 atom stereocenters. The number of nitrogens with one attached hydrogen (secondary N) is 1. The van der Waals surface area contributed by atoms with E-state index in [0.29, 0.717) is 6.04 Å². The van der Waals surface area contributed by atoms with Crippen LogP contribution in [-0.2, 0) is 24.6 Å². The fourth-order valence-electron chi connectivity index (χ4n) is 2.65. The van der Waals surface area contributed by atoms with Crippen LogP contribution in [0, 0.1) is 0 Å². The number of ether oxygens (including phenoxy) is 1. The molecule has 6 heteroatoms. The normalized spacial score (nSPS) is 20.7. The van der Waals surface area contributed by atoms with E-state index in [-0.39, 0.29) is 6.10 Å². The summed E-state index contributed by atoms with van der Waals surface area (Å²) in [7, 11) is 1.98. The van der Waals surface area contributed by atoms with Gasteiger partial charge in [0, 0.05) is 31.0 Å². The van der Waals surface area contributed by atoms with Gasteiger partial charge in [-0.3, -0.25) is 4.68 Å². The van der Waals surface area contributed by atoms with Crippen LogP contribution in [0.5, 0.6) is 0 Å². The number of aromatic nitrogens is 2. The van der Waals surface area contributed by atoms with Crippen LogP contribution in [0.25, 0.3) is 0 Å². The van der Waals surface area contributed by atoms with Gasteiger partial charge in [0.1, 0.15) is 0 Å². The monoisotopic (exact) mass is 331 g/mol. The van der Waals surface area contributed by atoms with Gasteiger partial charge in [-0.05, 0) is 19.4 Å². The average molecular weight is 332 g/mol. The van der Waals surface area contributed by atoms with Crippen LogP contribution in [0.4, 0.5) is 0 Å². The van der Waals surface area contributed by atoms with Gasteiger partial charge in [0.25, 0.3) is 0 Å². The molecule has 1 aliphatic heterocycles. The number of hydrogen-bond acceptors (Lipinski definition) is 4. The lowest BCUT2D eigenvalue weighted by Gasteiger charge is -2.31. The van der Waals surface area contributed by atoms with Crippen LogP contribution in [0.2, 0.25) is 5.02 Å². The van der Waals surface area contributed by atoms with Crippen LogP contribution >= 0.6 is 23.4 Å². The number of nitrogens with zero attached hydrogens (tertiary/aromatic N) is 2. The van der Waals surface area contributed by atoms with Gasteiger partial charge in [0.2, 0.25) is 0 Å². The molecule has 0 aliphatic carbocycles. The topological polar surface area (TPSA) is 39.1 Å². The van der Waals surface area contributed by atoms with E-state index in [1.807, 2.05) is 23.5 Å². The van der Waals surface area contributed by atoms with E-state index in [4.69, 9.17) is 16.3 Å². The summed E-state index contributed by atoms with van der Waals surface area (Å²) in [5, 5.41) is 8.98. The van der Waals surface area contributed by atoms with Crippen molar-refractivity contribution in [2.45, 2.75) is 45.3 Å². The lowest BCUT2D eigenvalue weighted by Crippen LogP contribution is -2.46. The van der Waals surface area contributed by atoms with Crippen LogP contribution in [0.3, 0.4) is 0 Å². The quantitative estimate of drug-likeness (QED) is 0.833. The molecule has 1 aliphatic rings. The van der Waals surface area contributed by atoms with E-state index in [1.165, 1.54) is 0 Å². The highest BCUT2D eigenvalue weighted by Gasteiger charge is 2.27. The first kappa shape index (κ1) is 17.1. The molecule has 1 aromatic rings. The second-order valence-corrected chi connectivity index (χ2v) is 6.96. The summed E-state index contributed by atoms with van der Waals surface area (Å²) in [6, 6.07) is 0.301. The van der Waals surface area contributed by atoms with E-state index in [1.54, 1.807) is 0 Å². The molecule has 1 fully saturated rings. The van der Waals surface area contributed by atoms with Crippen LogP contribution in [0.15, 0.2) is 0 Å². The van der Waals surface area contributed by atoms with Crippen LogP contribution in [-0.4, -0.2) is 46.6 Å². The van der Waals surface area contributed by atoms with Gasteiger partial charge in [0.15, 0.2) is 0 Å². The Morgan fingerprint density at radius 2 is 2.33 bits per heavy atom. The van der Waals surface area contributed by atoms with Crippen molar-refractivity contribution in [3.8, 4) is 0 Å². The second-order valence-electron chi connectivity index (χ2n) is 5.43. The van der Waals surface area contributed by atoms with E-state index < -0.39 is 0 Å². The van der Waals surface area contributed by atoms with Crippen molar-refractivity contribution < 1.29 is 4.74 Å². The highest BCUT2D eigenvalue weighted by atomic mass is 35.5. The van der Waals surface area contributed by atoms with Crippen LogP contribution in [0.1, 0.15) is 31.7 Å². The molecule has 1 N–H and O–H groups in total. The largest absolute Gasteiger partial charge is 0.375 e. The van der Waals surface area contributed by atoms with Gasteiger partial charge in [-0.2, -0.15) is 16.9 Å². The first-order chi connectivity index (χ1) is 10.2. The van der Waals surface area contributed by atoms with E-state index in [9.17, 15) is 0 Å². The maximum Gasteiger partial charge on any atom is 0.0850 e. The Balaban J connectivity index is 2.11. The maximum atomic E-state index is 6.49. The summed E-state index contributed by atoms with van der Waals surface area (Å²) in [6.45, 7) is 6.13. The highest BCUT2D eigenvalue weighted by molar-refractivity contribution is 7.99. The maximum absolute atomic E-state index is 6.49. The Morgan fingerprint density at radius 3 is 2.90 bits per heavy atom. The zero-order valence-electron chi connectivity index (χ0n) is 13.2. The molecule has 2 rings (SSSR count). The summed E-state index contributed by atoms with van der Waals surface area (Å²) in [5.74, 6) is 2.15. The fourth-order valence-corrected chi connectivity index (χ4v) is 3.97. The summed E-state index contributed by atoms with van der Waals surface area (Å²) in [4.78, 5) is 0. The Kier molecular flexibility index (Phi) is 6.86. The molecule has 0 radical (unpaired) electrons. The van der Waals surface area contributed by atoms with E-state index >= 15 is 0 Å². The molecular weight excluding hydrogens is 306 g/mol. The van der Waals surface area contributed by atoms with E-state index in [2.05, 4.69) is 24.3 Å². The lowest BCUT2D eigenvalue weighted by molar-refractivity contribution is 0.0467. The minimum absolute atomic E-state index is 0.256. The zero-order chi connectivity index (χ0) is 15.2. The summed E-state index contributed by atoms with van der Waals surface area (Å²) < 4.78 is 7.89. The molecule has 21 heavy (non-hydrogen) atoms. The molecule has 2 heterocycles. The minimum atomic E-state index is 0.256. The van der Waals surface area contributed by atoms with Crippen molar-refractivity contribution in [3.63, 3.8) is 0 Å². The molecule has 4 nitrogen and oxygen atoms in total. The summed E-state index contributed by atoms with van der Waals surface area (Å²) >= 11 is 8.46. The molecule has 0 amide bonds. The molecule has 2 unspecified atom stereocenters. The van der Waals surface area contributed by atoms with Gasteiger partial charge in [-0.1, -0.05) is 25.4 Å². The van der Waals surface area contributed by atoms with Gasteiger partial charge < -0.3 is 10.1 Å². The SMILES string of the molecule is CCCNC(Cc1c(Cl)c(CC)nn1C)C1CSCCO1. The fraction of sp³-hybridized carbons (Fsp3) is 0.800. The predicted octanol–water partition coefficient (Wildman–Crippen LogP) is 2.68. The van der Waals surface area contributed by atoms with Crippen molar-refractivity contribution in [1.29, 1.82) is 0 Å². The van der Waals surface area contributed by atoms with Crippen molar-refractivity contribution in [2.24, 2.45) is 7.05 Å². The standard InChI is InChI=1S/C15H26ClN3OS/c1-4-6-17-12(14-10-21-8-7-20-14)9-13-15(16)11(5-2)18-19(13)3/h12,14,17H,4-10H2,1-3H3. The van der Waals surface area contributed by atoms with Crippen molar-refractivity contribution in [3.05, 3.63) is 16.4 Å². The number of rotatable bonds is 7. The second kappa shape index (κ2) is 8.42. The number of halogens is 1. The zero-order valence-corrected chi connectivity index (χ0v) is 14.8. The van der Waals surface area contributed by atoms with Crippen molar-refractivity contribution >= 4 is 23.4 Å². The molecular formula is C15H26ClN3OS. The third-order valence-electron chi connectivity index (χ3n) is 3.86. The molecule has 1 aromatic heterocycles. The van der Waals surface area contributed by atoms with Gasteiger partial charge in [-0.15, -0.1) is 0 Å². The Hall–Kier alpha value is -0.230. The Labute approximate surface area is 137 Å².